The number of halogens is 2. The predicted molar refractivity (Wildman–Crippen MR) is 91.7 cm³/mol. The Hall–Kier alpha value is -2.37. The van der Waals surface area contributed by atoms with Crippen LogP contribution in [-0.2, 0) is 0 Å². The summed E-state index contributed by atoms with van der Waals surface area (Å²) in [7, 11) is 0. The number of pyridine rings is 2. The van der Waals surface area contributed by atoms with Crippen molar-refractivity contribution in [3.8, 4) is 5.82 Å². The van der Waals surface area contributed by atoms with Crippen LogP contribution in [-0.4, -0.2) is 19.7 Å². The molecule has 0 aliphatic carbocycles. The second kappa shape index (κ2) is 5.08. The molecule has 3 heterocycles. The molecule has 0 radical (unpaired) electrons. The number of aryl methyl sites for hydroxylation is 1. The van der Waals surface area contributed by atoms with Crippen molar-refractivity contribution < 1.29 is 0 Å². The van der Waals surface area contributed by atoms with E-state index in [0.717, 1.165) is 0 Å². The van der Waals surface area contributed by atoms with Gasteiger partial charge in [0, 0.05) is 11.6 Å². The third kappa shape index (κ3) is 2.12. The quantitative estimate of drug-likeness (QED) is 0.569. The van der Waals surface area contributed by atoms with E-state index < -0.39 is 0 Å². The average Bonchev–Trinajstić information content (AvgIpc) is 2.87. The lowest BCUT2D eigenvalue weighted by Gasteiger charge is -2.05. The van der Waals surface area contributed by atoms with Crippen LogP contribution in [0.5, 0.6) is 0 Å². The molecule has 0 fully saturated rings. The first-order valence-electron chi connectivity index (χ1n) is 6.88. The van der Waals surface area contributed by atoms with Crippen LogP contribution in [0.15, 0.2) is 41.3 Å². The van der Waals surface area contributed by atoms with Crippen molar-refractivity contribution in [3.05, 3.63) is 62.5 Å². The molecule has 4 aromatic rings. The Morgan fingerprint density at radius 1 is 1.17 bits per heavy atom. The summed E-state index contributed by atoms with van der Waals surface area (Å²) in [5, 5.41) is 6.17. The van der Waals surface area contributed by atoms with Gasteiger partial charge >= 0.3 is 0 Å². The average molecular weight is 345 g/mol. The van der Waals surface area contributed by atoms with Crippen LogP contribution in [0.25, 0.3) is 27.8 Å². The first kappa shape index (κ1) is 14.2. The fourth-order valence-corrected chi connectivity index (χ4v) is 2.99. The first-order valence-corrected chi connectivity index (χ1v) is 7.63. The van der Waals surface area contributed by atoms with Crippen molar-refractivity contribution in [3.63, 3.8) is 0 Å². The zero-order chi connectivity index (χ0) is 16.1. The van der Waals surface area contributed by atoms with Crippen molar-refractivity contribution in [1.82, 2.24) is 19.7 Å². The van der Waals surface area contributed by atoms with Crippen molar-refractivity contribution in [2.75, 3.05) is 0 Å². The second-order valence-corrected chi connectivity index (χ2v) is 5.99. The van der Waals surface area contributed by atoms with E-state index in [1.54, 1.807) is 29.9 Å². The van der Waals surface area contributed by atoms with E-state index >= 15 is 0 Å². The van der Waals surface area contributed by atoms with Crippen LogP contribution >= 0.6 is 23.2 Å². The molecule has 114 valence electrons. The van der Waals surface area contributed by atoms with Gasteiger partial charge in [0.25, 0.3) is 0 Å². The van der Waals surface area contributed by atoms with Gasteiger partial charge in [-0.15, -0.1) is 0 Å². The standard InChI is InChI=1S/C16H10Cl2N4O/c1-8-14-15(23)9-6-10(17)11(18)7-12(9)20-16(14)22(21-8)13-4-2-3-5-19-13/h2-7H,1H3,(H,20,23). The molecule has 0 bridgehead atoms. The highest BCUT2D eigenvalue weighted by molar-refractivity contribution is 6.42. The Bertz CT molecular complexity index is 1120. The fraction of sp³-hybridized carbons (Fsp3) is 0.0625. The van der Waals surface area contributed by atoms with E-state index in [-0.39, 0.29) is 5.43 Å². The second-order valence-electron chi connectivity index (χ2n) is 5.17. The Morgan fingerprint density at radius 2 is 1.96 bits per heavy atom. The zero-order valence-electron chi connectivity index (χ0n) is 12.0. The van der Waals surface area contributed by atoms with Gasteiger partial charge in [0.1, 0.15) is 5.65 Å². The fourth-order valence-electron chi connectivity index (χ4n) is 2.66. The summed E-state index contributed by atoms with van der Waals surface area (Å²) < 4.78 is 1.62. The van der Waals surface area contributed by atoms with Crippen molar-refractivity contribution in [2.45, 2.75) is 6.92 Å². The smallest absolute Gasteiger partial charge is 0.200 e. The molecule has 5 nitrogen and oxygen atoms in total. The normalized spacial score (nSPS) is 11.4. The summed E-state index contributed by atoms with van der Waals surface area (Å²) in [6.45, 7) is 1.79. The first-order chi connectivity index (χ1) is 11.1. The molecule has 7 heteroatoms. The molecule has 0 unspecified atom stereocenters. The number of hydrogen-bond acceptors (Lipinski definition) is 3. The van der Waals surface area contributed by atoms with E-state index in [4.69, 9.17) is 23.2 Å². The number of rotatable bonds is 1. The molecule has 0 aliphatic heterocycles. The van der Waals surface area contributed by atoms with Gasteiger partial charge in [-0.1, -0.05) is 29.3 Å². The highest BCUT2D eigenvalue weighted by atomic mass is 35.5. The number of H-pyrrole nitrogens is 1. The van der Waals surface area contributed by atoms with Gasteiger partial charge in [-0.05, 0) is 31.2 Å². The summed E-state index contributed by atoms with van der Waals surface area (Å²) in [5.41, 5.74) is 1.68. The largest absolute Gasteiger partial charge is 0.339 e. The molecule has 3 aromatic heterocycles. The Morgan fingerprint density at radius 3 is 2.70 bits per heavy atom. The van der Waals surface area contributed by atoms with Gasteiger partial charge < -0.3 is 4.98 Å². The number of nitrogens with zero attached hydrogens (tertiary/aromatic N) is 3. The van der Waals surface area contributed by atoms with Crippen LogP contribution in [0.2, 0.25) is 10.0 Å². The lowest BCUT2D eigenvalue weighted by atomic mass is 10.1. The van der Waals surface area contributed by atoms with E-state index in [1.165, 1.54) is 0 Å². The molecule has 0 atom stereocenters. The summed E-state index contributed by atoms with van der Waals surface area (Å²) in [6, 6.07) is 8.73. The molecular formula is C16H10Cl2N4O. The lowest BCUT2D eigenvalue weighted by Crippen LogP contribution is -2.06. The molecule has 0 saturated heterocycles. The molecular weight excluding hydrogens is 335 g/mol. The monoisotopic (exact) mass is 344 g/mol. The molecule has 23 heavy (non-hydrogen) atoms. The third-order valence-electron chi connectivity index (χ3n) is 3.71. The van der Waals surface area contributed by atoms with E-state index in [0.29, 0.717) is 43.5 Å². The molecule has 1 N–H and O–H groups in total. The number of fused-ring (bicyclic) bond motifs is 2. The van der Waals surface area contributed by atoms with E-state index in [2.05, 4.69) is 15.1 Å². The highest BCUT2D eigenvalue weighted by Crippen LogP contribution is 2.27. The highest BCUT2D eigenvalue weighted by Gasteiger charge is 2.16. The number of nitrogens with one attached hydrogen (secondary N) is 1. The Kier molecular flexibility index (Phi) is 3.14. The SMILES string of the molecule is Cc1nn(-c2ccccn2)c2[nH]c3cc(Cl)c(Cl)cc3c(=O)c12. The molecule has 1 aromatic carbocycles. The summed E-state index contributed by atoms with van der Waals surface area (Å²) in [5.74, 6) is 0.626. The third-order valence-corrected chi connectivity index (χ3v) is 4.43. The van der Waals surface area contributed by atoms with Crippen LogP contribution in [0.3, 0.4) is 0 Å². The van der Waals surface area contributed by atoms with Gasteiger partial charge in [0.2, 0.25) is 5.43 Å². The molecule has 0 amide bonds. The maximum Gasteiger partial charge on any atom is 0.200 e. The molecule has 0 saturated carbocycles. The van der Waals surface area contributed by atoms with E-state index in [1.807, 2.05) is 18.2 Å². The lowest BCUT2D eigenvalue weighted by molar-refractivity contribution is 0.849. The molecule has 0 aliphatic rings. The van der Waals surface area contributed by atoms with Crippen LogP contribution in [0.1, 0.15) is 5.69 Å². The Labute approximate surface area is 140 Å². The number of benzene rings is 1. The summed E-state index contributed by atoms with van der Waals surface area (Å²) in [4.78, 5) is 20.3. The van der Waals surface area contributed by atoms with Crippen molar-refractivity contribution >= 4 is 45.1 Å². The van der Waals surface area contributed by atoms with Crippen molar-refractivity contribution in [2.24, 2.45) is 0 Å². The van der Waals surface area contributed by atoms with Crippen LogP contribution in [0.4, 0.5) is 0 Å². The minimum absolute atomic E-state index is 0.132. The Balaban J connectivity index is 2.17. The minimum Gasteiger partial charge on any atom is -0.339 e. The number of hydrogen-bond donors (Lipinski definition) is 1. The maximum atomic E-state index is 12.8. The van der Waals surface area contributed by atoms with Gasteiger partial charge in [-0.25, -0.2) is 4.98 Å². The topological polar surface area (TPSA) is 63.6 Å². The van der Waals surface area contributed by atoms with Gasteiger partial charge in [-0.3, -0.25) is 4.79 Å². The van der Waals surface area contributed by atoms with Crippen LogP contribution in [0, 0.1) is 6.92 Å². The summed E-state index contributed by atoms with van der Waals surface area (Å²) in [6.07, 6.45) is 1.67. The van der Waals surface area contributed by atoms with E-state index in [9.17, 15) is 4.79 Å². The predicted octanol–water partition coefficient (Wildman–Crippen LogP) is 3.88. The number of aromatic nitrogens is 4. The maximum absolute atomic E-state index is 12.8. The molecule has 0 spiro atoms. The van der Waals surface area contributed by atoms with Gasteiger partial charge in [0.15, 0.2) is 5.82 Å². The minimum atomic E-state index is -0.132. The zero-order valence-corrected chi connectivity index (χ0v) is 13.5. The van der Waals surface area contributed by atoms with Gasteiger partial charge in [0.05, 0.1) is 26.6 Å². The van der Waals surface area contributed by atoms with Gasteiger partial charge in [-0.2, -0.15) is 9.78 Å². The summed E-state index contributed by atoms with van der Waals surface area (Å²) >= 11 is 12.1. The molecule has 4 rings (SSSR count). The number of aromatic amines is 1. The van der Waals surface area contributed by atoms with Crippen molar-refractivity contribution in [1.29, 1.82) is 0 Å². The van der Waals surface area contributed by atoms with Crippen LogP contribution < -0.4 is 5.43 Å².